The van der Waals surface area contributed by atoms with Crippen LogP contribution in [0.15, 0.2) is 28.7 Å². The minimum Gasteiger partial charge on any atom is -0.355 e. The van der Waals surface area contributed by atoms with Crippen LogP contribution < -0.4 is 5.32 Å². The van der Waals surface area contributed by atoms with E-state index in [2.05, 4.69) is 51.3 Å². The summed E-state index contributed by atoms with van der Waals surface area (Å²) < 4.78 is 1.10. The summed E-state index contributed by atoms with van der Waals surface area (Å²) >= 11 is 3.49. The smallest absolute Gasteiger partial charge is 0.221 e. The fourth-order valence-corrected chi connectivity index (χ4v) is 2.57. The van der Waals surface area contributed by atoms with Crippen LogP contribution in [0.25, 0.3) is 0 Å². The minimum atomic E-state index is 0.161. The summed E-state index contributed by atoms with van der Waals surface area (Å²) in [6, 6.07) is 8.71. The van der Waals surface area contributed by atoms with E-state index in [1.54, 1.807) is 0 Å². The van der Waals surface area contributed by atoms with Gasteiger partial charge in [-0.05, 0) is 24.6 Å². The largest absolute Gasteiger partial charge is 0.355 e. The van der Waals surface area contributed by atoms with Gasteiger partial charge in [0.2, 0.25) is 5.91 Å². The molecule has 0 radical (unpaired) electrons. The van der Waals surface area contributed by atoms with Crippen molar-refractivity contribution in [2.24, 2.45) is 0 Å². The van der Waals surface area contributed by atoms with Gasteiger partial charge in [0.1, 0.15) is 0 Å². The summed E-state index contributed by atoms with van der Waals surface area (Å²) in [6.45, 7) is 4.69. The highest BCUT2D eigenvalue weighted by Gasteiger charge is 2.19. The van der Waals surface area contributed by atoms with Gasteiger partial charge < -0.3 is 5.32 Å². The van der Waals surface area contributed by atoms with E-state index in [1.807, 2.05) is 6.07 Å². The van der Waals surface area contributed by atoms with Crippen LogP contribution in [0.2, 0.25) is 0 Å². The third kappa shape index (κ3) is 3.30. The van der Waals surface area contributed by atoms with Crippen molar-refractivity contribution in [2.45, 2.75) is 19.4 Å². The second-order valence-electron chi connectivity index (χ2n) is 4.37. The first-order valence-electron chi connectivity index (χ1n) is 5.93. The van der Waals surface area contributed by atoms with Crippen LogP contribution in [0.4, 0.5) is 0 Å². The minimum absolute atomic E-state index is 0.161. The van der Waals surface area contributed by atoms with Gasteiger partial charge in [-0.15, -0.1) is 0 Å². The van der Waals surface area contributed by atoms with E-state index in [4.69, 9.17) is 0 Å². The van der Waals surface area contributed by atoms with Crippen molar-refractivity contribution in [2.75, 3.05) is 19.6 Å². The van der Waals surface area contributed by atoms with Crippen LogP contribution >= 0.6 is 15.9 Å². The molecule has 1 aromatic carbocycles. The molecule has 1 heterocycles. The molecule has 0 saturated carbocycles. The molecule has 1 amide bonds. The fraction of sp³-hybridized carbons (Fsp3) is 0.462. The number of amides is 1. The zero-order valence-electron chi connectivity index (χ0n) is 9.95. The number of halogens is 1. The van der Waals surface area contributed by atoms with Crippen LogP contribution in [0, 0.1) is 0 Å². The maximum Gasteiger partial charge on any atom is 0.221 e. The van der Waals surface area contributed by atoms with Gasteiger partial charge in [-0.2, -0.15) is 0 Å². The molecule has 1 saturated heterocycles. The zero-order chi connectivity index (χ0) is 12.3. The Morgan fingerprint density at radius 1 is 1.41 bits per heavy atom. The highest BCUT2D eigenvalue weighted by Crippen LogP contribution is 2.23. The van der Waals surface area contributed by atoms with Crippen LogP contribution in [0.1, 0.15) is 24.9 Å². The van der Waals surface area contributed by atoms with Gasteiger partial charge in [0.15, 0.2) is 0 Å². The average Bonchev–Trinajstić information content (AvgIpc) is 2.53. The van der Waals surface area contributed by atoms with Gasteiger partial charge in [0.25, 0.3) is 0 Å². The Bertz CT molecular complexity index is 408. The molecular formula is C13H17BrN2O. The summed E-state index contributed by atoms with van der Waals surface area (Å²) in [6.07, 6.45) is 0.596. The zero-order valence-corrected chi connectivity index (χ0v) is 11.5. The normalized spacial score (nSPS) is 19.5. The van der Waals surface area contributed by atoms with Crippen molar-refractivity contribution in [1.82, 2.24) is 10.2 Å². The lowest BCUT2D eigenvalue weighted by Gasteiger charge is -2.27. The number of carbonyl (C=O) groups is 1. The molecule has 0 aliphatic carbocycles. The van der Waals surface area contributed by atoms with E-state index in [-0.39, 0.29) is 5.91 Å². The van der Waals surface area contributed by atoms with Crippen LogP contribution in [0.3, 0.4) is 0 Å². The van der Waals surface area contributed by atoms with Crippen molar-refractivity contribution in [1.29, 1.82) is 0 Å². The molecule has 1 aromatic rings. The molecule has 1 fully saturated rings. The van der Waals surface area contributed by atoms with E-state index in [0.29, 0.717) is 12.5 Å². The number of rotatable bonds is 2. The van der Waals surface area contributed by atoms with Gasteiger partial charge in [-0.25, -0.2) is 0 Å². The first-order chi connectivity index (χ1) is 8.16. The third-order valence-electron chi connectivity index (χ3n) is 3.23. The van der Waals surface area contributed by atoms with E-state index in [1.165, 1.54) is 5.56 Å². The summed E-state index contributed by atoms with van der Waals surface area (Å²) in [4.78, 5) is 13.6. The molecule has 4 heteroatoms. The lowest BCUT2D eigenvalue weighted by atomic mass is 10.1. The van der Waals surface area contributed by atoms with Crippen LogP contribution in [-0.4, -0.2) is 30.4 Å². The van der Waals surface area contributed by atoms with Crippen molar-refractivity contribution in [3.05, 3.63) is 34.3 Å². The monoisotopic (exact) mass is 296 g/mol. The maximum atomic E-state index is 11.3. The number of nitrogens with one attached hydrogen (secondary N) is 1. The molecule has 1 atom stereocenters. The highest BCUT2D eigenvalue weighted by molar-refractivity contribution is 9.10. The number of carbonyl (C=O) groups excluding carboxylic acids is 1. The molecule has 2 rings (SSSR count). The molecule has 92 valence electrons. The SMILES string of the molecule is CC(c1cccc(Br)c1)N1CCNC(=O)CC1. The van der Waals surface area contributed by atoms with E-state index >= 15 is 0 Å². The second-order valence-corrected chi connectivity index (χ2v) is 5.28. The van der Waals surface area contributed by atoms with Gasteiger partial charge in [0.05, 0.1) is 0 Å². The van der Waals surface area contributed by atoms with Crippen molar-refractivity contribution in [3.63, 3.8) is 0 Å². The summed E-state index contributed by atoms with van der Waals surface area (Å²) in [5.41, 5.74) is 1.29. The summed E-state index contributed by atoms with van der Waals surface area (Å²) in [5.74, 6) is 0.161. The lowest BCUT2D eigenvalue weighted by molar-refractivity contribution is -0.120. The molecule has 17 heavy (non-hydrogen) atoms. The Morgan fingerprint density at radius 3 is 3.00 bits per heavy atom. The molecule has 0 aromatic heterocycles. The molecule has 1 aliphatic heterocycles. The first-order valence-corrected chi connectivity index (χ1v) is 6.72. The number of hydrogen-bond donors (Lipinski definition) is 1. The van der Waals surface area contributed by atoms with Gasteiger partial charge in [-0.3, -0.25) is 9.69 Å². The van der Waals surface area contributed by atoms with E-state index < -0.39 is 0 Å². The summed E-state index contributed by atoms with van der Waals surface area (Å²) in [7, 11) is 0. The maximum absolute atomic E-state index is 11.3. The average molecular weight is 297 g/mol. The third-order valence-corrected chi connectivity index (χ3v) is 3.72. The molecule has 1 unspecified atom stereocenters. The topological polar surface area (TPSA) is 32.3 Å². The molecule has 0 bridgehead atoms. The van der Waals surface area contributed by atoms with Gasteiger partial charge >= 0.3 is 0 Å². The fourth-order valence-electron chi connectivity index (χ4n) is 2.15. The molecule has 1 aliphatic rings. The van der Waals surface area contributed by atoms with Crippen molar-refractivity contribution >= 4 is 21.8 Å². The van der Waals surface area contributed by atoms with Gasteiger partial charge in [0, 0.05) is 36.6 Å². The number of nitrogens with zero attached hydrogens (tertiary/aromatic N) is 1. The number of benzene rings is 1. The Labute approximate surface area is 110 Å². The Balaban J connectivity index is 2.08. The Morgan fingerprint density at radius 2 is 2.24 bits per heavy atom. The molecule has 0 spiro atoms. The molecular weight excluding hydrogens is 280 g/mol. The standard InChI is InChI=1S/C13H17BrN2O/c1-10(11-3-2-4-12(14)9-11)16-7-5-13(17)15-6-8-16/h2-4,9-10H,5-8H2,1H3,(H,15,17). The van der Waals surface area contributed by atoms with Crippen LogP contribution in [-0.2, 0) is 4.79 Å². The van der Waals surface area contributed by atoms with E-state index in [9.17, 15) is 4.79 Å². The number of hydrogen-bond acceptors (Lipinski definition) is 2. The predicted molar refractivity (Wildman–Crippen MR) is 71.8 cm³/mol. The van der Waals surface area contributed by atoms with Crippen LogP contribution in [0.5, 0.6) is 0 Å². The first kappa shape index (κ1) is 12.6. The molecule has 3 nitrogen and oxygen atoms in total. The van der Waals surface area contributed by atoms with E-state index in [0.717, 1.165) is 24.1 Å². The van der Waals surface area contributed by atoms with Crippen molar-refractivity contribution < 1.29 is 4.79 Å². The van der Waals surface area contributed by atoms with Gasteiger partial charge in [-0.1, -0.05) is 28.1 Å². The Kier molecular flexibility index (Phi) is 4.18. The molecule has 1 N–H and O–H groups in total. The summed E-state index contributed by atoms with van der Waals surface area (Å²) in [5, 5.41) is 2.90. The van der Waals surface area contributed by atoms with Crippen molar-refractivity contribution in [3.8, 4) is 0 Å². The quantitative estimate of drug-likeness (QED) is 0.908. The second kappa shape index (κ2) is 5.65. The lowest BCUT2D eigenvalue weighted by Crippen LogP contribution is -2.30. The Hall–Kier alpha value is -0.870. The predicted octanol–water partition coefficient (Wildman–Crippen LogP) is 2.33. The highest BCUT2D eigenvalue weighted by atomic mass is 79.9.